The van der Waals surface area contributed by atoms with E-state index in [1.807, 2.05) is 0 Å². The fraction of sp³-hybridized carbons (Fsp3) is 0.0500. The van der Waals surface area contributed by atoms with Crippen molar-refractivity contribution >= 4 is 34.2 Å². The summed E-state index contributed by atoms with van der Waals surface area (Å²) in [6, 6.07) is 7.45. The van der Waals surface area contributed by atoms with Crippen LogP contribution in [-0.4, -0.2) is 35.7 Å². The highest BCUT2D eigenvalue weighted by molar-refractivity contribution is 6.32. The fourth-order valence-corrected chi connectivity index (χ4v) is 3.54. The van der Waals surface area contributed by atoms with Gasteiger partial charge in [-0.15, -0.1) is 4.80 Å². The van der Waals surface area contributed by atoms with Crippen molar-refractivity contribution < 1.29 is 22.4 Å². The molecular weight excluding hydrogens is 463 g/mol. The molecule has 1 N–H and O–H groups in total. The van der Waals surface area contributed by atoms with Gasteiger partial charge in [-0.1, -0.05) is 17.7 Å². The van der Waals surface area contributed by atoms with Crippen LogP contribution in [0.5, 0.6) is 0 Å². The molecule has 166 valence electrons. The Balaban J connectivity index is 1.52. The van der Waals surface area contributed by atoms with E-state index in [1.165, 1.54) is 49.1 Å². The lowest BCUT2D eigenvalue weighted by Gasteiger charge is -2.13. The van der Waals surface area contributed by atoms with Gasteiger partial charge in [0.25, 0.3) is 5.91 Å². The van der Waals surface area contributed by atoms with Crippen LogP contribution in [0.25, 0.3) is 22.5 Å². The number of amides is 1. The maximum Gasteiger partial charge on any atom is 0.434 e. The van der Waals surface area contributed by atoms with Crippen molar-refractivity contribution in [1.82, 2.24) is 29.8 Å². The summed E-state index contributed by atoms with van der Waals surface area (Å²) in [4.78, 5) is 18.0. The number of nitrogens with zero attached hydrogens (tertiary/aromatic N) is 6. The van der Waals surface area contributed by atoms with Gasteiger partial charge >= 0.3 is 6.18 Å². The van der Waals surface area contributed by atoms with Crippen molar-refractivity contribution in [3.63, 3.8) is 0 Å². The minimum Gasteiger partial charge on any atom is -0.464 e. The quantitative estimate of drug-likeness (QED) is 0.411. The Hall–Kier alpha value is -4.19. The van der Waals surface area contributed by atoms with Gasteiger partial charge < -0.3 is 9.73 Å². The normalized spacial score (nSPS) is 11.8. The predicted octanol–water partition coefficient (Wildman–Crippen LogP) is 4.52. The van der Waals surface area contributed by atoms with E-state index >= 15 is 0 Å². The van der Waals surface area contributed by atoms with E-state index in [0.717, 1.165) is 11.0 Å². The van der Waals surface area contributed by atoms with E-state index in [0.29, 0.717) is 15.7 Å². The second-order valence-corrected chi connectivity index (χ2v) is 7.14. The van der Waals surface area contributed by atoms with Gasteiger partial charge in [-0.25, -0.2) is 9.67 Å². The molecule has 0 aliphatic carbocycles. The molecule has 0 radical (unpaired) electrons. The number of alkyl halides is 3. The number of hydrogen-bond donors (Lipinski definition) is 1. The van der Waals surface area contributed by atoms with Crippen molar-refractivity contribution in [3.8, 4) is 11.5 Å². The Bertz CT molecular complexity index is 1470. The molecule has 0 atom stereocenters. The molecule has 1 aromatic carbocycles. The lowest BCUT2D eigenvalue weighted by molar-refractivity contribution is -0.143. The molecule has 0 saturated carbocycles. The largest absolute Gasteiger partial charge is 0.464 e. The second-order valence-electron chi connectivity index (χ2n) is 6.73. The van der Waals surface area contributed by atoms with Crippen LogP contribution in [0.4, 0.5) is 18.9 Å². The highest BCUT2D eigenvalue weighted by atomic mass is 35.5. The molecule has 0 aliphatic heterocycles. The average Bonchev–Trinajstić information content (AvgIpc) is 3.52. The number of rotatable bonds is 4. The number of halogens is 4. The molecule has 0 fully saturated rings. The van der Waals surface area contributed by atoms with E-state index in [9.17, 15) is 18.0 Å². The van der Waals surface area contributed by atoms with E-state index in [2.05, 4.69) is 25.6 Å². The SMILES string of the molecule is O=C(Nc1cnc(-n2nccn2)c(Cl)c1)c1cnn(-c2cccc3occc23)c1C(F)(F)F. The molecule has 9 nitrogen and oxygen atoms in total. The molecule has 4 aromatic heterocycles. The molecule has 5 aromatic rings. The Morgan fingerprint density at radius 2 is 1.88 bits per heavy atom. The number of carbonyl (C=O) groups excluding carboxylic acids is 1. The zero-order valence-corrected chi connectivity index (χ0v) is 17.0. The number of anilines is 1. The fourth-order valence-electron chi connectivity index (χ4n) is 3.30. The van der Waals surface area contributed by atoms with E-state index in [-0.39, 0.29) is 22.2 Å². The van der Waals surface area contributed by atoms with Crippen LogP contribution in [0.2, 0.25) is 5.02 Å². The van der Waals surface area contributed by atoms with E-state index in [1.54, 1.807) is 6.07 Å². The van der Waals surface area contributed by atoms with Crippen LogP contribution in [0.3, 0.4) is 0 Å². The van der Waals surface area contributed by atoms with Crippen LogP contribution in [0.1, 0.15) is 16.1 Å². The first kappa shape index (κ1) is 20.7. The second kappa shape index (κ2) is 7.74. The van der Waals surface area contributed by atoms with E-state index in [4.69, 9.17) is 16.0 Å². The minimum absolute atomic E-state index is 0.0821. The third-order valence-corrected chi connectivity index (χ3v) is 4.95. The molecular formula is C20H11ClF3N7O2. The predicted molar refractivity (Wildman–Crippen MR) is 110 cm³/mol. The maximum atomic E-state index is 14.0. The third-order valence-electron chi connectivity index (χ3n) is 4.67. The lowest BCUT2D eigenvalue weighted by atomic mass is 10.2. The van der Waals surface area contributed by atoms with Crippen LogP contribution >= 0.6 is 11.6 Å². The first-order valence-corrected chi connectivity index (χ1v) is 9.66. The average molecular weight is 474 g/mol. The molecule has 0 saturated heterocycles. The van der Waals surface area contributed by atoms with Crippen molar-refractivity contribution in [1.29, 1.82) is 0 Å². The molecule has 0 aliphatic rings. The standard InChI is InChI=1S/C20H11ClF3N7O2/c21-14-8-11(9-25-18(14)31-26-5-6-27-31)29-19(32)13-10-28-30(17(13)20(22,23)24)15-2-1-3-16-12(15)4-7-33-16/h1-10H,(H,29,32). The monoisotopic (exact) mass is 473 g/mol. The molecule has 0 unspecified atom stereocenters. The Morgan fingerprint density at radius 1 is 1.09 bits per heavy atom. The Kier molecular flexibility index (Phi) is 4.86. The summed E-state index contributed by atoms with van der Waals surface area (Å²) in [5.74, 6) is -0.840. The highest BCUT2D eigenvalue weighted by Crippen LogP contribution is 2.36. The zero-order valence-electron chi connectivity index (χ0n) is 16.3. The number of fused-ring (bicyclic) bond motifs is 1. The smallest absolute Gasteiger partial charge is 0.434 e. The number of carbonyl (C=O) groups is 1. The van der Waals surface area contributed by atoms with Gasteiger partial charge in [0.05, 0.1) is 53.0 Å². The molecule has 5 rings (SSSR count). The van der Waals surface area contributed by atoms with Gasteiger partial charge in [-0.2, -0.15) is 28.5 Å². The minimum atomic E-state index is -4.87. The number of furan rings is 1. The van der Waals surface area contributed by atoms with Crippen LogP contribution < -0.4 is 5.32 Å². The van der Waals surface area contributed by atoms with Gasteiger partial charge in [0.2, 0.25) is 0 Å². The first-order valence-electron chi connectivity index (χ1n) is 9.28. The summed E-state index contributed by atoms with van der Waals surface area (Å²) in [7, 11) is 0. The number of hydrogen-bond acceptors (Lipinski definition) is 6. The summed E-state index contributed by atoms with van der Waals surface area (Å²) >= 11 is 6.16. The molecule has 0 spiro atoms. The van der Waals surface area contributed by atoms with Crippen molar-refractivity contribution in [2.75, 3.05) is 5.32 Å². The van der Waals surface area contributed by atoms with Crippen molar-refractivity contribution in [2.24, 2.45) is 0 Å². The van der Waals surface area contributed by atoms with Crippen LogP contribution in [0, 0.1) is 0 Å². The van der Waals surface area contributed by atoms with E-state index < -0.39 is 23.3 Å². The number of pyridine rings is 1. The summed E-state index contributed by atoms with van der Waals surface area (Å²) in [5.41, 5.74) is -1.32. The van der Waals surface area contributed by atoms with Crippen molar-refractivity contribution in [2.45, 2.75) is 6.18 Å². The first-order chi connectivity index (χ1) is 15.8. The molecule has 1 amide bonds. The molecule has 0 bridgehead atoms. The highest BCUT2D eigenvalue weighted by Gasteiger charge is 2.41. The zero-order chi connectivity index (χ0) is 23.2. The van der Waals surface area contributed by atoms with Gasteiger partial charge in [-0.05, 0) is 24.3 Å². The Morgan fingerprint density at radius 3 is 2.61 bits per heavy atom. The molecule has 33 heavy (non-hydrogen) atoms. The lowest BCUT2D eigenvalue weighted by Crippen LogP contribution is -2.21. The van der Waals surface area contributed by atoms with Gasteiger partial charge in [0.15, 0.2) is 11.5 Å². The molecule has 4 heterocycles. The summed E-state index contributed by atoms with van der Waals surface area (Å²) in [6.45, 7) is 0. The maximum absolute atomic E-state index is 14.0. The number of aromatic nitrogens is 6. The topological polar surface area (TPSA) is 104 Å². The van der Waals surface area contributed by atoms with Crippen LogP contribution in [-0.2, 0) is 6.18 Å². The number of nitrogens with one attached hydrogen (secondary N) is 1. The molecule has 13 heteroatoms. The van der Waals surface area contributed by atoms with Gasteiger partial charge in [0, 0.05) is 5.39 Å². The Labute approximate surface area is 187 Å². The van der Waals surface area contributed by atoms with Crippen LogP contribution in [0.15, 0.2) is 65.8 Å². The van der Waals surface area contributed by atoms with Gasteiger partial charge in [-0.3, -0.25) is 4.79 Å². The number of benzene rings is 1. The summed E-state index contributed by atoms with van der Waals surface area (Å²) in [6.07, 6.45) is 1.42. The van der Waals surface area contributed by atoms with Gasteiger partial charge in [0.1, 0.15) is 5.58 Å². The summed E-state index contributed by atoms with van der Waals surface area (Å²) < 4.78 is 48.0. The summed E-state index contributed by atoms with van der Waals surface area (Å²) in [5, 5.41) is 14.5. The third kappa shape index (κ3) is 3.69. The van der Waals surface area contributed by atoms with Crippen molar-refractivity contribution in [3.05, 3.63) is 77.7 Å².